The lowest BCUT2D eigenvalue weighted by atomic mass is 10.1. The fraction of sp³-hybridized carbons (Fsp3) is 0.0952. The lowest BCUT2D eigenvalue weighted by Crippen LogP contribution is -2.53. The van der Waals surface area contributed by atoms with Gasteiger partial charge in [0.15, 0.2) is 0 Å². The van der Waals surface area contributed by atoms with Crippen LogP contribution in [0, 0.1) is 6.92 Å². The van der Waals surface area contributed by atoms with Gasteiger partial charge in [0.2, 0.25) is 0 Å². The Kier molecular flexibility index (Phi) is 4.41. The van der Waals surface area contributed by atoms with Crippen LogP contribution in [0.15, 0.2) is 71.0 Å². The molecule has 1 saturated heterocycles. The molecular formula is C21H17N3O4. The zero-order valence-corrected chi connectivity index (χ0v) is 15.1. The number of hydrogen-bond acceptors (Lipinski definition) is 4. The fourth-order valence-electron chi connectivity index (χ4n) is 3.00. The smallest absolute Gasteiger partial charge is 0.331 e. The van der Waals surface area contributed by atoms with E-state index in [1.54, 1.807) is 18.2 Å². The van der Waals surface area contributed by atoms with E-state index in [2.05, 4.69) is 5.32 Å². The minimum atomic E-state index is -0.766. The molecule has 0 saturated carbocycles. The number of furan rings is 1. The minimum absolute atomic E-state index is 0.0543. The van der Waals surface area contributed by atoms with E-state index in [0.29, 0.717) is 11.5 Å². The Hall–Kier alpha value is -3.87. The lowest BCUT2D eigenvalue weighted by molar-refractivity contribution is -0.130. The van der Waals surface area contributed by atoms with Crippen LogP contribution in [-0.2, 0) is 16.1 Å². The summed E-state index contributed by atoms with van der Waals surface area (Å²) in [6, 6.07) is 14.0. The highest BCUT2D eigenvalue weighted by Gasteiger charge is 2.36. The predicted octanol–water partition coefficient (Wildman–Crippen LogP) is 3.04. The first-order chi connectivity index (χ1) is 13.5. The van der Waals surface area contributed by atoms with Gasteiger partial charge in [-0.2, -0.15) is 0 Å². The van der Waals surface area contributed by atoms with Crippen molar-refractivity contribution in [3.8, 4) is 5.69 Å². The van der Waals surface area contributed by atoms with E-state index in [1.165, 1.54) is 12.3 Å². The van der Waals surface area contributed by atoms with Crippen molar-refractivity contribution in [3.05, 3.63) is 83.6 Å². The normalized spacial score (nSPS) is 16.0. The Morgan fingerprint density at radius 3 is 2.54 bits per heavy atom. The molecule has 3 heterocycles. The first-order valence-corrected chi connectivity index (χ1v) is 8.68. The second-order valence-corrected chi connectivity index (χ2v) is 6.43. The average Bonchev–Trinajstić information content (AvgIpc) is 3.35. The Balaban J connectivity index is 1.68. The molecule has 0 spiro atoms. The Labute approximate surface area is 160 Å². The van der Waals surface area contributed by atoms with Crippen molar-refractivity contribution in [1.29, 1.82) is 0 Å². The van der Waals surface area contributed by atoms with Crippen LogP contribution < -0.4 is 5.32 Å². The summed E-state index contributed by atoms with van der Waals surface area (Å²) in [6.45, 7) is 1.94. The number of aromatic nitrogens is 1. The van der Waals surface area contributed by atoms with E-state index in [4.69, 9.17) is 4.42 Å². The topological polar surface area (TPSA) is 84.6 Å². The van der Waals surface area contributed by atoms with Crippen molar-refractivity contribution in [2.75, 3.05) is 0 Å². The summed E-state index contributed by atoms with van der Waals surface area (Å²) in [5.74, 6) is -0.940. The summed E-state index contributed by atoms with van der Waals surface area (Å²) >= 11 is 0. The number of nitrogens with one attached hydrogen (secondary N) is 1. The molecule has 1 fully saturated rings. The number of benzene rings is 1. The van der Waals surface area contributed by atoms with Crippen LogP contribution in [0.3, 0.4) is 0 Å². The molecule has 4 rings (SSSR count). The maximum atomic E-state index is 12.8. The SMILES string of the molecule is Cc1ccc(-n2cccc2/C=C2\C(=O)NC(=O)N(Cc3ccco3)C2=O)cc1. The van der Waals surface area contributed by atoms with Gasteiger partial charge >= 0.3 is 6.03 Å². The number of imide groups is 2. The first-order valence-electron chi connectivity index (χ1n) is 8.68. The maximum absolute atomic E-state index is 12.8. The van der Waals surface area contributed by atoms with Crippen LogP contribution in [-0.4, -0.2) is 27.3 Å². The molecule has 0 radical (unpaired) electrons. The van der Waals surface area contributed by atoms with E-state index in [1.807, 2.05) is 48.0 Å². The quantitative estimate of drug-likeness (QED) is 0.561. The number of carbonyl (C=O) groups excluding carboxylic acids is 3. The molecule has 7 heteroatoms. The molecule has 7 nitrogen and oxygen atoms in total. The zero-order chi connectivity index (χ0) is 19.7. The summed E-state index contributed by atoms with van der Waals surface area (Å²) in [4.78, 5) is 38.2. The van der Waals surface area contributed by atoms with Gasteiger partial charge in [0, 0.05) is 17.6 Å². The standard InChI is InChI=1S/C21H17N3O4/c1-14-6-8-15(9-7-14)23-10-2-4-16(23)12-18-19(25)22-21(27)24(20(18)26)13-17-5-3-11-28-17/h2-12H,13H2,1H3,(H,22,25,27)/b18-12+. The molecule has 1 aliphatic heterocycles. The van der Waals surface area contributed by atoms with Crippen molar-refractivity contribution in [2.45, 2.75) is 13.5 Å². The number of barbiturate groups is 1. The number of hydrogen-bond donors (Lipinski definition) is 1. The minimum Gasteiger partial charge on any atom is -0.467 e. The van der Waals surface area contributed by atoms with Crippen molar-refractivity contribution in [3.63, 3.8) is 0 Å². The molecular weight excluding hydrogens is 358 g/mol. The van der Waals surface area contributed by atoms with Crippen LogP contribution in [0.4, 0.5) is 4.79 Å². The van der Waals surface area contributed by atoms with Crippen LogP contribution in [0.5, 0.6) is 0 Å². The highest BCUT2D eigenvalue weighted by molar-refractivity contribution is 6.30. The van der Waals surface area contributed by atoms with Gasteiger partial charge in [-0.15, -0.1) is 0 Å². The molecule has 0 aliphatic carbocycles. The first kappa shape index (κ1) is 17.5. The van der Waals surface area contributed by atoms with Gasteiger partial charge in [-0.1, -0.05) is 17.7 Å². The van der Waals surface area contributed by atoms with E-state index >= 15 is 0 Å². The molecule has 1 N–H and O–H groups in total. The molecule has 140 valence electrons. The molecule has 28 heavy (non-hydrogen) atoms. The predicted molar refractivity (Wildman–Crippen MR) is 101 cm³/mol. The molecule has 2 aromatic heterocycles. The second-order valence-electron chi connectivity index (χ2n) is 6.43. The van der Waals surface area contributed by atoms with E-state index in [-0.39, 0.29) is 12.1 Å². The number of carbonyl (C=O) groups is 3. The third-order valence-electron chi connectivity index (χ3n) is 4.46. The fourth-order valence-corrected chi connectivity index (χ4v) is 3.00. The molecule has 0 atom stereocenters. The molecule has 1 aromatic carbocycles. The average molecular weight is 375 g/mol. The number of aryl methyl sites for hydroxylation is 1. The second kappa shape index (κ2) is 7.03. The van der Waals surface area contributed by atoms with E-state index in [9.17, 15) is 14.4 Å². The molecule has 3 aromatic rings. The van der Waals surface area contributed by atoms with Gasteiger partial charge in [-0.25, -0.2) is 4.79 Å². The van der Waals surface area contributed by atoms with E-state index in [0.717, 1.165) is 16.2 Å². The Bertz CT molecular complexity index is 1080. The van der Waals surface area contributed by atoms with Crippen LogP contribution in [0.2, 0.25) is 0 Å². The van der Waals surface area contributed by atoms with Crippen LogP contribution >= 0.6 is 0 Å². The summed E-state index contributed by atoms with van der Waals surface area (Å²) in [5.41, 5.74) is 2.56. The summed E-state index contributed by atoms with van der Waals surface area (Å²) in [6.07, 6.45) is 4.78. The summed E-state index contributed by atoms with van der Waals surface area (Å²) < 4.78 is 7.07. The van der Waals surface area contributed by atoms with Gasteiger partial charge in [0.05, 0.1) is 12.8 Å². The van der Waals surface area contributed by atoms with Gasteiger partial charge in [-0.3, -0.25) is 19.8 Å². The number of rotatable bonds is 4. The lowest BCUT2D eigenvalue weighted by Gasteiger charge is -2.25. The van der Waals surface area contributed by atoms with Crippen molar-refractivity contribution < 1.29 is 18.8 Å². The van der Waals surface area contributed by atoms with Crippen molar-refractivity contribution in [1.82, 2.24) is 14.8 Å². The number of nitrogens with zero attached hydrogens (tertiary/aromatic N) is 2. The molecule has 0 unspecified atom stereocenters. The summed E-state index contributed by atoms with van der Waals surface area (Å²) in [5, 5.41) is 2.21. The molecule has 4 amide bonds. The third-order valence-corrected chi connectivity index (χ3v) is 4.46. The Morgan fingerprint density at radius 1 is 1.04 bits per heavy atom. The monoisotopic (exact) mass is 375 g/mol. The van der Waals surface area contributed by atoms with Crippen LogP contribution in [0.1, 0.15) is 17.0 Å². The van der Waals surface area contributed by atoms with Crippen molar-refractivity contribution >= 4 is 23.9 Å². The third kappa shape index (κ3) is 3.25. The summed E-state index contributed by atoms with van der Waals surface area (Å²) in [7, 11) is 0. The van der Waals surface area contributed by atoms with Gasteiger partial charge in [0.25, 0.3) is 11.8 Å². The highest BCUT2D eigenvalue weighted by atomic mass is 16.3. The van der Waals surface area contributed by atoms with E-state index < -0.39 is 17.8 Å². The molecule has 0 bridgehead atoms. The van der Waals surface area contributed by atoms with Gasteiger partial charge < -0.3 is 8.98 Å². The largest absolute Gasteiger partial charge is 0.467 e. The maximum Gasteiger partial charge on any atom is 0.331 e. The highest BCUT2D eigenvalue weighted by Crippen LogP contribution is 2.20. The van der Waals surface area contributed by atoms with Crippen molar-refractivity contribution in [2.24, 2.45) is 0 Å². The van der Waals surface area contributed by atoms with Gasteiger partial charge in [-0.05, 0) is 49.4 Å². The van der Waals surface area contributed by atoms with Gasteiger partial charge in [0.1, 0.15) is 11.3 Å². The Morgan fingerprint density at radius 2 is 1.82 bits per heavy atom. The number of urea groups is 1. The molecule has 1 aliphatic rings. The number of amides is 4. The zero-order valence-electron chi connectivity index (χ0n) is 15.1. The van der Waals surface area contributed by atoms with Crippen LogP contribution in [0.25, 0.3) is 11.8 Å².